The molecule has 1 aromatic rings. The Morgan fingerprint density at radius 1 is 1.18 bits per heavy atom. The van der Waals surface area contributed by atoms with Crippen molar-refractivity contribution in [2.45, 2.75) is 45.6 Å². The molecule has 94 valence electrons. The van der Waals surface area contributed by atoms with Gasteiger partial charge in [0.25, 0.3) is 0 Å². The molecule has 1 aliphatic carbocycles. The highest BCUT2D eigenvalue weighted by molar-refractivity contribution is 5.16. The third-order valence-corrected chi connectivity index (χ3v) is 4.00. The van der Waals surface area contributed by atoms with E-state index in [2.05, 4.69) is 49.5 Å². The lowest BCUT2D eigenvalue weighted by atomic mass is 9.85. The van der Waals surface area contributed by atoms with Gasteiger partial charge in [0.2, 0.25) is 0 Å². The van der Waals surface area contributed by atoms with Gasteiger partial charge in [-0.2, -0.15) is 0 Å². The summed E-state index contributed by atoms with van der Waals surface area (Å²) in [7, 11) is 0. The van der Waals surface area contributed by atoms with E-state index in [4.69, 9.17) is 0 Å². The van der Waals surface area contributed by atoms with Crippen molar-refractivity contribution in [1.82, 2.24) is 5.32 Å². The van der Waals surface area contributed by atoms with E-state index in [9.17, 15) is 0 Å². The van der Waals surface area contributed by atoms with E-state index < -0.39 is 0 Å². The van der Waals surface area contributed by atoms with Crippen molar-refractivity contribution in [2.24, 2.45) is 11.8 Å². The fraction of sp³-hybridized carbons (Fsp3) is 0.625. The van der Waals surface area contributed by atoms with Gasteiger partial charge in [-0.25, -0.2) is 0 Å². The molecule has 0 aromatic heterocycles. The van der Waals surface area contributed by atoms with Crippen LogP contribution < -0.4 is 5.32 Å². The molecule has 1 saturated carbocycles. The van der Waals surface area contributed by atoms with Gasteiger partial charge < -0.3 is 5.32 Å². The molecule has 2 rings (SSSR count). The fourth-order valence-electron chi connectivity index (χ4n) is 2.43. The predicted octanol–water partition coefficient (Wildman–Crippen LogP) is 3.64. The van der Waals surface area contributed by atoms with E-state index in [0.717, 1.165) is 12.3 Å². The quantitative estimate of drug-likeness (QED) is 0.788. The standard InChI is InChI=1S/C16H25N/c1-13(2)16(17-12-15-9-6-10-15)11-14-7-4-3-5-8-14/h3-5,7-8,13,15-17H,6,9-12H2,1-2H3. The molecular formula is C16H25N. The van der Waals surface area contributed by atoms with Crippen molar-refractivity contribution >= 4 is 0 Å². The van der Waals surface area contributed by atoms with Crippen LogP contribution in [-0.2, 0) is 6.42 Å². The van der Waals surface area contributed by atoms with Crippen LogP contribution in [0.5, 0.6) is 0 Å². The van der Waals surface area contributed by atoms with Gasteiger partial charge in [-0.05, 0) is 43.2 Å². The number of rotatable bonds is 6. The first-order valence-electron chi connectivity index (χ1n) is 7.03. The summed E-state index contributed by atoms with van der Waals surface area (Å²) in [5.74, 6) is 1.65. The van der Waals surface area contributed by atoms with E-state index in [1.807, 2.05) is 0 Å². The average Bonchev–Trinajstić information content (AvgIpc) is 2.26. The summed E-state index contributed by atoms with van der Waals surface area (Å²) in [6, 6.07) is 11.5. The van der Waals surface area contributed by atoms with Crippen molar-refractivity contribution in [3.05, 3.63) is 35.9 Å². The van der Waals surface area contributed by atoms with Gasteiger partial charge in [0, 0.05) is 6.04 Å². The normalized spacial score (nSPS) is 18.1. The second-order valence-corrected chi connectivity index (χ2v) is 5.75. The Labute approximate surface area is 106 Å². The largest absolute Gasteiger partial charge is 0.313 e. The van der Waals surface area contributed by atoms with Crippen LogP contribution in [0.4, 0.5) is 0 Å². The second kappa shape index (κ2) is 6.20. The molecule has 17 heavy (non-hydrogen) atoms. The summed E-state index contributed by atoms with van der Waals surface area (Å²) < 4.78 is 0. The van der Waals surface area contributed by atoms with Crippen LogP contribution >= 0.6 is 0 Å². The number of hydrogen-bond donors (Lipinski definition) is 1. The molecule has 0 amide bonds. The third-order valence-electron chi connectivity index (χ3n) is 4.00. The maximum absolute atomic E-state index is 3.77. The van der Waals surface area contributed by atoms with E-state index in [0.29, 0.717) is 12.0 Å². The molecule has 1 fully saturated rings. The van der Waals surface area contributed by atoms with Crippen LogP contribution in [-0.4, -0.2) is 12.6 Å². The summed E-state index contributed by atoms with van der Waals surface area (Å²) >= 11 is 0. The molecule has 0 radical (unpaired) electrons. The molecule has 1 nitrogen and oxygen atoms in total. The van der Waals surface area contributed by atoms with Crippen molar-refractivity contribution < 1.29 is 0 Å². The molecule has 1 atom stereocenters. The molecular weight excluding hydrogens is 206 g/mol. The van der Waals surface area contributed by atoms with E-state index >= 15 is 0 Å². The zero-order chi connectivity index (χ0) is 12.1. The van der Waals surface area contributed by atoms with Gasteiger partial charge in [0.15, 0.2) is 0 Å². The zero-order valence-electron chi connectivity index (χ0n) is 11.2. The number of benzene rings is 1. The summed E-state index contributed by atoms with van der Waals surface area (Å²) in [4.78, 5) is 0. The third kappa shape index (κ3) is 3.85. The maximum Gasteiger partial charge on any atom is 0.0131 e. The SMILES string of the molecule is CC(C)C(Cc1ccccc1)NCC1CCC1. The van der Waals surface area contributed by atoms with Crippen LogP contribution in [0.1, 0.15) is 38.7 Å². The van der Waals surface area contributed by atoms with Crippen LogP contribution in [0, 0.1) is 11.8 Å². The Morgan fingerprint density at radius 2 is 1.88 bits per heavy atom. The van der Waals surface area contributed by atoms with Crippen molar-refractivity contribution in [3.8, 4) is 0 Å². The van der Waals surface area contributed by atoms with E-state index in [1.165, 1.54) is 31.4 Å². The van der Waals surface area contributed by atoms with Crippen molar-refractivity contribution in [1.29, 1.82) is 0 Å². The van der Waals surface area contributed by atoms with Gasteiger partial charge in [-0.3, -0.25) is 0 Å². The topological polar surface area (TPSA) is 12.0 Å². The molecule has 0 heterocycles. The maximum atomic E-state index is 3.77. The first kappa shape index (κ1) is 12.6. The molecule has 1 aliphatic rings. The molecule has 1 aromatic carbocycles. The highest BCUT2D eigenvalue weighted by Gasteiger charge is 2.20. The van der Waals surface area contributed by atoms with E-state index in [-0.39, 0.29) is 0 Å². The molecule has 1 heteroatoms. The lowest BCUT2D eigenvalue weighted by Gasteiger charge is -2.30. The molecule has 0 spiro atoms. The molecule has 0 bridgehead atoms. The van der Waals surface area contributed by atoms with Gasteiger partial charge >= 0.3 is 0 Å². The first-order valence-corrected chi connectivity index (χ1v) is 7.03. The molecule has 1 unspecified atom stereocenters. The first-order chi connectivity index (χ1) is 8.25. The van der Waals surface area contributed by atoms with Crippen LogP contribution in [0.15, 0.2) is 30.3 Å². The summed E-state index contributed by atoms with van der Waals surface area (Å²) in [6.45, 7) is 5.86. The van der Waals surface area contributed by atoms with Crippen LogP contribution in [0.25, 0.3) is 0 Å². The van der Waals surface area contributed by atoms with Gasteiger partial charge in [-0.1, -0.05) is 50.6 Å². The molecule has 0 aliphatic heterocycles. The molecule has 1 N–H and O–H groups in total. The number of nitrogens with one attached hydrogen (secondary N) is 1. The second-order valence-electron chi connectivity index (χ2n) is 5.75. The van der Waals surface area contributed by atoms with Crippen molar-refractivity contribution in [3.63, 3.8) is 0 Å². The summed E-state index contributed by atoms with van der Waals surface area (Å²) in [6.07, 6.45) is 5.47. The highest BCUT2D eigenvalue weighted by atomic mass is 14.9. The predicted molar refractivity (Wildman–Crippen MR) is 74.1 cm³/mol. The lowest BCUT2D eigenvalue weighted by molar-refractivity contribution is 0.272. The highest BCUT2D eigenvalue weighted by Crippen LogP contribution is 2.25. The van der Waals surface area contributed by atoms with Crippen molar-refractivity contribution in [2.75, 3.05) is 6.54 Å². The summed E-state index contributed by atoms with van der Waals surface area (Å²) in [5, 5.41) is 3.77. The average molecular weight is 231 g/mol. The van der Waals surface area contributed by atoms with Crippen LogP contribution in [0.3, 0.4) is 0 Å². The Hall–Kier alpha value is -0.820. The summed E-state index contributed by atoms with van der Waals surface area (Å²) in [5.41, 5.74) is 1.45. The minimum absolute atomic E-state index is 0.623. The van der Waals surface area contributed by atoms with Gasteiger partial charge in [-0.15, -0.1) is 0 Å². The molecule has 0 saturated heterocycles. The van der Waals surface area contributed by atoms with Gasteiger partial charge in [0.1, 0.15) is 0 Å². The minimum Gasteiger partial charge on any atom is -0.313 e. The number of hydrogen-bond acceptors (Lipinski definition) is 1. The lowest BCUT2D eigenvalue weighted by Crippen LogP contribution is -2.40. The van der Waals surface area contributed by atoms with Gasteiger partial charge in [0.05, 0.1) is 0 Å². The smallest absolute Gasteiger partial charge is 0.0131 e. The van der Waals surface area contributed by atoms with E-state index in [1.54, 1.807) is 0 Å². The Morgan fingerprint density at radius 3 is 2.41 bits per heavy atom. The minimum atomic E-state index is 0.623. The fourth-order valence-corrected chi connectivity index (χ4v) is 2.43. The Kier molecular flexibility index (Phi) is 4.61. The zero-order valence-corrected chi connectivity index (χ0v) is 11.2. The monoisotopic (exact) mass is 231 g/mol. The van der Waals surface area contributed by atoms with Crippen LogP contribution in [0.2, 0.25) is 0 Å². The Bertz CT molecular complexity index is 314. The Balaban J connectivity index is 1.83.